The van der Waals surface area contributed by atoms with Crippen molar-refractivity contribution in [1.29, 1.82) is 0 Å². The van der Waals surface area contributed by atoms with Crippen LogP contribution in [0.25, 0.3) is 11.1 Å². The van der Waals surface area contributed by atoms with Crippen LogP contribution in [0.3, 0.4) is 0 Å². The summed E-state index contributed by atoms with van der Waals surface area (Å²) in [5.41, 5.74) is 4.69. The van der Waals surface area contributed by atoms with Gasteiger partial charge in [-0.2, -0.15) is 0 Å². The Morgan fingerprint density at radius 2 is 1.59 bits per heavy atom. The minimum absolute atomic E-state index is 0.00141. The van der Waals surface area contributed by atoms with Crippen LogP contribution in [0.2, 0.25) is 0 Å². The summed E-state index contributed by atoms with van der Waals surface area (Å²) in [6.07, 6.45) is 3.55. The highest BCUT2D eigenvalue weighted by Gasteiger charge is 2.43. The molecule has 2 fully saturated rings. The molecule has 2 N–H and O–H groups in total. The highest BCUT2D eigenvalue weighted by Crippen LogP contribution is 2.44. The molecule has 0 bridgehead atoms. The molecule has 5 rings (SSSR count). The number of carboxylic acid groups (broad SMARTS) is 1. The number of aliphatic carboxylic acids is 1. The number of ether oxygens (including phenoxy) is 1. The summed E-state index contributed by atoms with van der Waals surface area (Å²) in [4.78, 5) is 38.4. The lowest BCUT2D eigenvalue weighted by molar-refractivity contribution is -0.160. The van der Waals surface area contributed by atoms with E-state index in [2.05, 4.69) is 29.6 Å². The molecule has 0 spiro atoms. The molecule has 3 atom stereocenters. The Labute approximate surface area is 199 Å². The van der Waals surface area contributed by atoms with Gasteiger partial charge < -0.3 is 20.1 Å². The van der Waals surface area contributed by atoms with Crippen LogP contribution in [0.5, 0.6) is 0 Å². The molecular weight excluding hydrogens is 432 g/mol. The zero-order valence-corrected chi connectivity index (χ0v) is 19.1. The number of nitrogens with zero attached hydrogens (tertiary/aromatic N) is 1. The lowest BCUT2D eigenvalue weighted by Crippen LogP contribution is -2.58. The van der Waals surface area contributed by atoms with Crippen LogP contribution >= 0.6 is 0 Å². The molecule has 1 aliphatic heterocycles. The topological polar surface area (TPSA) is 95.9 Å². The molecule has 3 unspecified atom stereocenters. The molecule has 1 saturated heterocycles. The lowest BCUT2D eigenvalue weighted by atomic mass is 9.77. The fourth-order valence-corrected chi connectivity index (χ4v) is 5.76. The van der Waals surface area contributed by atoms with E-state index in [0.717, 1.165) is 36.8 Å². The van der Waals surface area contributed by atoms with Gasteiger partial charge in [0.1, 0.15) is 12.6 Å². The molecule has 0 radical (unpaired) electrons. The van der Waals surface area contributed by atoms with Crippen molar-refractivity contribution in [2.45, 2.75) is 44.1 Å². The Bertz CT molecular complexity index is 1050. The third-order valence-electron chi connectivity index (χ3n) is 7.67. The molecule has 2 amide bonds. The highest BCUT2D eigenvalue weighted by molar-refractivity contribution is 5.87. The van der Waals surface area contributed by atoms with E-state index >= 15 is 0 Å². The van der Waals surface area contributed by atoms with Crippen LogP contribution in [0, 0.1) is 11.8 Å². The van der Waals surface area contributed by atoms with Crippen molar-refractivity contribution < 1.29 is 24.2 Å². The number of alkyl carbamates (subject to hydrolysis) is 1. The van der Waals surface area contributed by atoms with Crippen LogP contribution in [0.15, 0.2) is 48.5 Å². The summed E-state index contributed by atoms with van der Waals surface area (Å²) in [7, 11) is 0. The molecule has 1 saturated carbocycles. The summed E-state index contributed by atoms with van der Waals surface area (Å²) in [5.74, 6) is -1.27. The van der Waals surface area contributed by atoms with Gasteiger partial charge in [-0.05, 0) is 47.4 Å². The van der Waals surface area contributed by atoms with Crippen LogP contribution in [-0.4, -0.2) is 53.7 Å². The summed E-state index contributed by atoms with van der Waals surface area (Å²) >= 11 is 0. The fourth-order valence-electron chi connectivity index (χ4n) is 5.76. The van der Waals surface area contributed by atoms with Crippen LogP contribution < -0.4 is 5.32 Å². The average Bonchev–Trinajstić information content (AvgIpc) is 3.14. The smallest absolute Gasteiger partial charge is 0.407 e. The number of hydrogen-bond donors (Lipinski definition) is 2. The lowest BCUT2D eigenvalue weighted by Gasteiger charge is -2.42. The molecule has 2 aromatic rings. The van der Waals surface area contributed by atoms with E-state index < -0.39 is 18.1 Å². The van der Waals surface area contributed by atoms with Crippen molar-refractivity contribution in [3.8, 4) is 11.1 Å². The molecule has 2 aliphatic carbocycles. The number of nitrogens with one attached hydrogen (secondary N) is 1. The van der Waals surface area contributed by atoms with Crippen molar-refractivity contribution >= 4 is 18.0 Å². The van der Waals surface area contributed by atoms with E-state index in [4.69, 9.17) is 4.74 Å². The first-order valence-electron chi connectivity index (χ1n) is 12.2. The number of carboxylic acids is 1. The Balaban J connectivity index is 1.18. The number of hydrogen-bond acceptors (Lipinski definition) is 4. The first-order chi connectivity index (χ1) is 16.5. The maximum atomic E-state index is 13.0. The Morgan fingerprint density at radius 3 is 2.21 bits per heavy atom. The van der Waals surface area contributed by atoms with Crippen LogP contribution in [-0.2, 0) is 14.3 Å². The molecule has 7 nitrogen and oxygen atoms in total. The minimum atomic E-state index is -0.941. The SMILES string of the molecule is O=C(NCC1CCCCC1C(=O)N1CCC1C(=O)O)OCC1c2ccccc2-c2ccccc21. The fraction of sp³-hybridized carbons (Fsp3) is 0.444. The number of likely N-dealkylation sites (tertiary alicyclic amines) is 1. The third-order valence-corrected chi connectivity index (χ3v) is 7.67. The van der Waals surface area contributed by atoms with E-state index in [9.17, 15) is 19.5 Å². The van der Waals surface area contributed by atoms with Crippen molar-refractivity contribution in [2.75, 3.05) is 19.7 Å². The monoisotopic (exact) mass is 462 g/mol. The van der Waals surface area contributed by atoms with Gasteiger partial charge in [-0.1, -0.05) is 61.4 Å². The van der Waals surface area contributed by atoms with Crippen LogP contribution in [0.4, 0.5) is 4.79 Å². The molecule has 34 heavy (non-hydrogen) atoms. The number of carbonyl (C=O) groups is 3. The van der Waals surface area contributed by atoms with Gasteiger partial charge in [-0.25, -0.2) is 9.59 Å². The number of rotatable bonds is 6. The maximum absolute atomic E-state index is 13.0. The molecule has 3 aliphatic rings. The standard InChI is InChI=1S/C27H30N2O5/c30-25(29-14-13-24(29)26(31)32)18-8-2-1-7-17(18)15-28-27(33)34-16-23-21-11-5-3-9-19(21)20-10-4-6-12-22(20)23/h3-6,9-12,17-18,23-24H,1-2,7-8,13-16H2,(H,28,33)(H,31,32). The average molecular weight is 463 g/mol. The Morgan fingerprint density at radius 1 is 0.941 bits per heavy atom. The van der Waals surface area contributed by atoms with Crippen molar-refractivity contribution in [3.63, 3.8) is 0 Å². The van der Waals surface area contributed by atoms with Crippen molar-refractivity contribution in [1.82, 2.24) is 10.2 Å². The third kappa shape index (κ3) is 4.15. The Kier molecular flexibility index (Phi) is 6.26. The van der Waals surface area contributed by atoms with Gasteiger partial charge in [-0.15, -0.1) is 0 Å². The first-order valence-corrected chi connectivity index (χ1v) is 12.2. The predicted octanol–water partition coefficient (Wildman–Crippen LogP) is 4.02. The van der Waals surface area contributed by atoms with Crippen LogP contribution in [0.1, 0.15) is 49.1 Å². The first kappa shape index (κ1) is 22.4. The van der Waals surface area contributed by atoms with Gasteiger partial charge in [0.05, 0.1) is 0 Å². The zero-order valence-electron chi connectivity index (χ0n) is 19.1. The molecule has 1 heterocycles. The van der Waals surface area contributed by atoms with E-state index in [1.807, 2.05) is 24.3 Å². The number of fused-ring (bicyclic) bond motifs is 3. The second-order valence-corrected chi connectivity index (χ2v) is 9.53. The van der Waals surface area contributed by atoms with Gasteiger partial charge in [0.25, 0.3) is 0 Å². The van der Waals surface area contributed by atoms with E-state index in [1.54, 1.807) is 0 Å². The zero-order chi connectivity index (χ0) is 23.7. The summed E-state index contributed by atoms with van der Waals surface area (Å²) in [5, 5.41) is 12.2. The predicted molar refractivity (Wildman–Crippen MR) is 126 cm³/mol. The number of carbonyl (C=O) groups excluding carboxylic acids is 2. The van der Waals surface area contributed by atoms with Gasteiger partial charge in [-0.3, -0.25) is 4.79 Å². The van der Waals surface area contributed by atoms with E-state index in [-0.39, 0.29) is 30.3 Å². The highest BCUT2D eigenvalue weighted by atomic mass is 16.5. The largest absolute Gasteiger partial charge is 0.480 e. The summed E-state index contributed by atoms with van der Waals surface area (Å²) < 4.78 is 5.63. The second-order valence-electron chi connectivity index (χ2n) is 9.53. The van der Waals surface area contributed by atoms with Crippen molar-refractivity contribution in [3.05, 3.63) is 59.7 Å². The second kappa shape index (κ2) is 9.49. The molecule has 2 aromatic carbocycles. The number of amides is 2. The van der Waals surface area contributed by atoms with E-state index in [0.29, 0.717) is 19.5 Å². The normalized spacial score (nSPS) is 23.4. The summed E-state index contributed by atoms with van der Waals surface area (Å²) in [6, 6.07) is 15.7. The molecular formula is C27H30N2O5. The van der Waals surface area contributed by atoms with E-state index in [1.165, 1.54) is 16.0 Å². The quantitative estimate of drug-likeness (QED) is 0.676. The van der Waals surface area contributed by atoms with Crippen molar-refractivity contribution in [2.24, 2.45) is 11.8 Å². The van der Waals surface area contributed by atoms with Gasteiger partial charge in [0, 0.05) is 24.9 Å². The number of benzene rings is 2. The molecule has 178 valence electrons. The minimum Gasteiger partial charge on any atom is -0.480 e. The maximum Gasteiger partial charge on any atom is 0.407 e. The van der Waals surface area contributed by atoms with Gasteiger partial charge >= 0.3 is 12.1 Å². The van der Waals surface area contributed by atoms with Gasteiger partial charge in [0.2, 0.25) is 5.91 Å². The van der Waals surface area contributed by atoms with Gasteiger partial charge in [0.15, 0.2) is 0 Å². The summed E-state index contributed by atoms with van der Waals surface area (Å²) in [6.45, 7) is 1.11. The Hall–Kier alpha value is -3.35. The molecule has 0 aromatic heterocycles. The molecule has 7 heteroatoms.